The highest BCUT2D eigenvalue weighted by molar-refractivity contribution is 5.96. The normalized spacial score (nSPS) is 10.6. The summed E-state index contributed by atoms with van der Waals surface area (Å²) in [6, 6.07) is 7.97. The minimum absolute atomic E-state index is 0.320. The van der Waals surface area contributed by atoms with Crippen molar-refractivity contribution in [2.24, 2.45) is 0 Å². The van der Waals surface area contributed by atoms with E-state index in [1.165, 1.54) is 6.33 Å². The van der Waals surface area contributed by atoms with Gasteiger partial charge in [-0.25, -0.2) is 9.97 Å². The number of nitrogen functional groups attached to an aromatic ring is 1. The summed E-state index contributed by atoms with van der Waals surface area (Å²) in [4.78, 5) is 12.4. The Morgan fingerprint density at radius 2 is 1.95 bits per heavy atom. The third-order valence-corrected chi connectivity index (χ3v) is 2.96. The van der Waals surface area contributed by atoms with E-state index in [0.29, 0.717) is 17.3 Å². The van der Waals surface area contributed by atoms with Crippen molar-refractivity contribution >= 4 is 16.6 Å². The fourth-order valence-corrected chi connectivity index (χ4v) is 2.09. The summed E-state index contributed by atoms with van der Waals surface area (Å²) in [5, 5.41) is 2.09. The number of pyridine rings is 1. The lowest BCUT2D eigenvalue weighted by molar-refractivity contribution is 0.415. The van der Waals surface area contributed by atoms with Crippen LogP contribution in [-0.4, -0.2) is 22.1 Å². The van der Waals surface area contributed by atoms with Gasteiger partial charge < -0.3 is 10.5 Å². The SMILES string of the molecule is COc1c(N)ncnc1-c1cncc2ccccc12. The van der Waals surface area contributed by atoms with E-state index in [1.54, 1.807) is 13.3 Å². The molecule has 1 aromatic carbocycles. The van der Waals surface area contributed by atoms with Crippen molar-refractivity contribution in [3.63, 3.8) is 0 Å². The lowest BCUT2D eigenvalue weighted by Gasteiger charge is -2.10. The van der Waals surface area contributed by atoms with Crippen LogP contribution in [0.15, 0.2) is 43.0 Å². The minimum atomic E-state index is 0.320. The highest BCUT2D eigenvalue weighted by Gasteiger charge is 2.14. The van der Waals surface area contributed by atoms with Crippen LogP contribution < -0.4 is 10.5 Å². The van der Waals surface area contributed by atoms with Crippen molar-refractivity contribution < 1.29 is 4.74 Å². The number of benzene rings is 1. The highest BCUT2D eigenvalue weighted by atomic mass is 16.5. The van der Waals surface area contributed by atoms with E-state index < -0.39 is 0 Å². The molecule has 0 amide bonds. The molecular weight excluding hydrogens is 240 g/mol. The van der Waals surface area contributed by atoms with Crippen LogP contribution in [0, 0.1) is 0 Å². The van der Waals surface area contributed by atoms with E-state index in [0.717, 1.165) is 16.3 Å². The van der Waals surface area contributed by atoms with Crippen LogP contribution >= 0.6 is 0 Å². The van der Waals surface area contributed by atoms with Gasteiger partial charge in [0.1, 0.15) is 12.0 Å². The molecule has 19 heavy (non-hydrogen) atoms. The molecular formula is C14H12N4O. The van der Waals surface area contributed by atoms with E-state index in [4.69, 9.17) is 10.5 Å². The summed E-state index contributed by atoms with van der Waals surface area (Å²) in [6.45, 7) is 0. The van der Waals surface area contributed by atoms with Crippen molar-refractivity contribution in [1.82, 2.24) is 15.0 Å². The van der Waals surface area contributed by atoms with Gasteiger partial charge in [-0.05, 0) is 5.39 Å². The standard InChI is InChI=1S/C14H12N4O/c1-19-13-12(17-8-18-14(13)15)11-7-16-6-9-4-2-3-5-10(9)11/h2-8H,1H3,(H2,15,17,18). The topological polar surface area (TPSA) is 73.9 Å². The maximum atomic E-state index is 5.82. The zero-order valence-electron chi connectivity index (χ0n) is 10.4. The largest absolute Gasteiger partial charge is 0.491 e. The van der Waals surface area contributed by atoms with E-state index in [9.17, 15) is 0 Å². The van der Waals surface area contributed by atoms with Gasteiger partial charge in [-0.2, -0.15) is 0 Å². The Bertz CT molecular complexity index is 737. The van der Waals surface area contributed by atoms with Crippen LogP contribution in [0.3, 0.4) is 0 Å². The number of nitrogens with zero attached hydrogens (tertiary/aromatic N) is 3. The van der Waals surface area contributed by atoms with Gasteiger partial charge in [0.2, 0.25) is 0 Å². The number of aromatic nitrogens is 3. The first kappa shape index (κ1) is 11.4. The lowest BCUT2D eigenvalue weighted by atomic mass is 10.0. The monoisotopic (exact) mass is 252 g/mol. The second kappa shape index (κ2) is 4.53. The first-order valence-electron chi connectivity index (χ1n) is 5.79. The van der Waals surface area contributed by atoms with Crippen molar-refractivity contribution in [3.8, 4) is 17.0 Å². The number of anilines is 1. The first-order chi connectivity index (χ1) is 9.31. The fourth-order valence-electron chi connectivity index (χ4n) is 2.09. The molecule has 0 fully saturated rings. The van der Waals surface area contributed by atoms with Crippen LogP contribution in [0.1, 0.15) is 0 Å². The second-order valence-corrected chi connectivity index (χ2v) is 4.05. The van der Waals surface area contributed by atoms with Crippen LogP contribution in [0.2, 0.25) is 0 Å². The molecule has 0 unspecified atom stereocenters. The molecule has 5 heteroatoms. The summed E-state index contributed by atoms with van der Waals surface area (Å²) in [7, 11) is 1.55. The van der Waals surface area contributed by atoms with Crippen molar-refractivity contribution in [2.45, 2.75) is 0 Å². The molecule has 0 radical (unpaired) electrons. The number of ether oxygens (including phenoxy) is 1. The molecule has 5 nitrogen and oxygen atoms in total. The molecule has 0 saturated carbocycles. The Morgan fingerprint density at radius 1 is 1.11 bits per heavy atom. The summed E-state index contributed by atoms with van der Waals surface area (Å²) in [6.07, 6.45) is 5.00. The lowest BCUT2D eigenvalue weighted by Crippen LogP contribution is -2.00. The average molecular weight is 252 g/mol. The molecule has 0 spiro atoms. The molecule has 2 aromatic heterocycles. The quantitative estimate of drug-likeness (QED) is 0.757. The maximum absolute atomic E-state index is 5.82. The smallest absolute Gasteiger partial charge is 0.187 e. The van der Waals surface area contributed by atoms with Gasteiger partial charge in [-0.1, -0.05) is 24.3 Å². The number of fused-ring (bicyclic) bond motifs is 1. The predicted molar refractivity (Wildman–Crippen MR) is 73.7 cm³/mol. The molecule has 0 bridgehead atoms. The molecule has 2 N–H and O–H groups in total. The molecule has 94 valence electrons. The number of rotatable bonds is 2. The maximum Gasteiger partial charge on any atom is 0.187 e. The Balaban J connectivity index is 2.34. The Hall–Kier alpha value is -2.69. The molecule has 0 aliphatic rings. The van der Waals surface area contributed by atoms with Gasteiger partial charge in [0, 0.05) is 23.3 Å². The van der Waals surface area contributed by atoms with Crippen molar-refractivity contribution in [2.75, 3.05) is 12.8 Å². The van der Waals surface area contributed by atoms with Crippen LogP contribution in [0.4, 0.5) is 5.82 Å². The van der Waals surface area contributed by atoms with E-state index in [1.807, 2.05) is 30.5 Å². The van der Waals surface area contributed by atoms with Crippen molar-refractivity contribution in [3.05, 3.63) is 43.0 Å². The molecule has 0 saturated heterocycles. The van der Waals surface area contributed by atoms with Crippen LogP contribution in [-0.2, 0) is 0 Å². The van der Waals surface area contributed by atoms with E-state index in [-0.39, 0.29) is 0 Å². The van der Waals surface area contributed by atoms with Crippen molar-refractivity contribution in [1.29, 1.82) is 0 Å². The third-order valence-electron chi connectivity index (χ3n) is 2.96. The van der Waals surface area contributed by atoms with Gasteiger partial charge in [0.15, 0.2) is 11.6 Å². The highest BCUT2D eigenvalue weighted by Crippen LogP contribution is 2.34. The summed E-state index contributed by atoms with van der Waals surface area (Å²) in [5.41, 5.74) is 7.35. The van der Waals surface area contributed by atoms with E-state index in [2.05, 4.69) is 15.0 Å². The van der Waals surface area contributed by atoms with Gasteiger partial charge in [-0.15, -0.1) is 0 Å². The molecule has 2 heterocycles. The molecule has 0 aliphatic carbocycles. The Kier molecular flexibility index (Phi) is 2.72. The fraction of sp³-hybridized carbons (Fsp3) is 0.0714. The number of methoxy groups -OCH3 is 1. The van der Waals surface area contributed by atoms with Gasteiger partial charge in [0.25, 0.3) is 0 Å². The number of hydrogen-bond acceptors (Lipinski definition) is 5. The molecule has 3 aromatic rings. The summed E-state index contributed by atoms with van der Waals surface area (Å²) in [5.74, 6) is 0.793. The summed E-state index contributed by atoms with van der Waals surface area (Å²) < 4.78 is 5.30. The second-order valence-electron chi connectivity index (χ2n) is 4.05. The van der Waals surface area contributed by atoms with Crippen LogP contribution in [0.25, 0.3) is 22.0 Å². The Labute approximate surface area is 110 Å². The molecule has 0 atom stereocenters. The van der Waals surface area contributed by atoms with Gasteiger partial charge >= 0.3 is 0 Å². The molecule has 0 aliphatic heterocycles. The van der Waals surface area contributed by atoms with Crippen LogP contribution in [0.5, 0.6) is 5.75 Å². The summed E-state index contributed by atoms with van der Waals surface area (Å²) >= 11 is 0. The number of nitrogens with two attached hydrogens (primary N) is 1. The van der Waals surface area contributed by atoms with Gasteiger partial charge in [0.05, 0.1) is 7.11 Å². The predicted octanol–water partition coefficient (Wildman–Crippen LogP) is 2.28. The van der Waals surface area contributed by atoms with Gasteiger partial charge in [-0.3, -0.25) is 4.98 Å². The average Bonchev–Trinajstić information content (AvgIpc) is 2.46. The first-order valence-corrected chi connectivity index (χ1v) is 5.79. The minimum Gasteiger partial charge on any atom is -0.491 e. The Morgan fingerprint density at radius 3 is 2.79 bits per heavy atom. The number of hydrogen-bond donors (Lipinski definition) is 1. The van der Waals surface area contributed by atoms with E-state index >= 15 is 0 Å². The zero-order chi connectivity index (χ0) is 13.2. The third kappa shape index (κ3) is 1.85. The zero-order valence-corrected chi connectivity index (χ0v) is 10.4. The molecule has 3 rings (SSSR count).